The van der Waals surface area contributed by atoms with Gasteiger partial charge in [0.1, 0.15) is 5.54 Å². The van der Waals surface area contributed by atoms with Crippen molar-refractivity contribution in [2.24, 2.45) is 0 Å². The van der Waals surface area contributed by atoms with Gasteiger partial charge in [0.2, 0.25) is 0 Å². The molecule has 0 saturated carbocycles. The summed E-state index contributed by atoms with van der Waals surface area (Å²) < 4.78 is 10.3. The Morgan fingerprint density at radius 2 is 1.88 bits per heavy atom. The van der Waals surface area contributed by atoms with Crippen molar-refractivity contribution in [2.75, 3.05) is 21.3 Å². The molecule has 1 aromatic rings. The zero-order chi connectivity index (χ0) is 13.1. The Morgan fingerprint density at radius 3 is 2.29 bits per heavy atom. The normalized spacial score (nSPS) is 13.9. The lowest BCUT2D eigenvalue weighted by molar-refractivity contribution is -0.144. The Balaban J connectivity index is 3.27. The van der Waals surface area contributed by atoms with E-state index in [1.807, 2.05) is 0 Å². The maximum Gasteiger partial charge on any atom is 0.328 e. The highest BCUT2D eigenvalue weighted by Gasteiger charge is 2.34. The SMILES string of the molecule is CN[C@@](C)(C(=O)O)c1ccc(OC)c(OC)c1. The molecular formula is C12H17NO4. The van der Waals surface area contributed by atoms with Crippen molar-refractivity contribution < 1.29 is 19.4 Å². The van der Waals surface area contributed by atoms with E-state index in [1.165, 1.54) is 14.2 Å². The Morgan fingerprint density at radius 1 is 1.29 bits per heavy atom. The van der Waals surface area contributed by atoms with Crippen LogP contribution < -0.4 is 14.8 Å². The van der Waals surface area contributed by atoms with E-state index in [4.69, 9.17) is 9.47 Å². The van der Waals surface area contributed by atoms with Crippen LogP contribution in [-0.2, 0) is 10.3 Å². The summed E-state index contributed by atoms with van der Waals surface area (Å²) in [5.41, 5.74) is -0.551. The second-order valence-electron chi connectivity index (χ2n) is 3.75. The first-order chi connectivity index (χ1) is 7.99. The predicted molar refractivity (Wildman–Crippen MR) is 63.6 cm³/mol. The topological polar surface area (TPSA) is 67.8 Å². The summed E-state index contributed by atoms with van der Waals surface area (Å²) in [7, 11) is 4.65. The molecule has 0 bridgehead atoms. The number of hydrogen-bond donors (Lipinski definition) is 2. The minimum absolute atomic E-state index is 0.507. The van der Waals surface area contributed by atoms with Crippen LogP contribution in [0.2, 0.25) is 0 Å². The molecule has 0 spiro atoms. The minimum atomic E-state index is -1.15. The van der Waals surface area contributed by atoms with Gasteiger partial charge in [0.05, 0.1) is 14.2 Å². The number of aliphatic carboxylic acids is 1. The molecule has 0 unspecified atom stereocenters. The van der Waals surface area contributed by atoms with Crippen LogP contribution in [0.25, 0.3) is 0 Å². The van der Waals surface area contributed by atoms with E-state index in [-0.39, 0.29) is 0 Å². The van der Waals surface area contributed by atoms with Gasteiger partial charge >= 0.3 is 5.97 Å². The van der Waals surface area contributed by atoms with Crippen LogP contribution in [0, 0.1) is 0 Å². The Bertz CT molecular complexity index is 419. The monoisotopic (exact) mass is 239 g/mol. The zero-order valence-electron chi connectivity index (χ0n) is 10.4. The number of rotatable bonds is 5. The van der Waals surface area contributed by atoms with Crippen LogP contribution >= 0.6 is 0 Å². The van der Waals surface area contributed by atoms with Crippen LogP contribution in [0.1, 0.15) is 12.5 Å². The minimum Gasteiger partial charge on any atom is -0.493 e. The predicted octanol–water partition coefficient (Wildman–Crippen LogP) is 1.22. The quantitative estimate of drug-likeness (QED) is 0.808. The van der Waals surface area contributed by atoms with E-state index in [0.717, 1.165) is 0 Å². The molecule has 0 amide bonds. The molecule has 0 saturated heterocycles. The summed E-state index contributed by atoms with van der Waals surface area (Å²) in [6.07, 6.45) is 0. The third kappa shape index (κ3) is 2.34. The van der Waals surface area contributed by atoms with Crippen molar-refractivity contribution in [2.45, 2.75) is 12.5 Å². The van der Waals surface area contributed by atoms with Gasteiger partial charge in [-0.2, -0.15) is 0 Å². The number of carbonyl (C=O) groups is 1. The van der Waals surface area contributed by atoms with E-state index < -0.39 is 11.5 Å². The number of carboxylic acid groups (broad SMARTS) is 1. The number of likely N-dealkylation sites (N-methyl/N-ethyl adjacent to an activating group) is 1. The maximum absolute atomic E-state index is 11.3. The lowest BCUT2D eigenvalue weighted by Gasteiger charge is -2.25. The fourth-order valence-electron chi connectivity index (χ4n) is 1.52. The number of hydrogen-bond acceptors (Lipinski definition) is 4. The molecule has 0 aliphatic rings. The molecule has 5 heteroatoms. The molecule has 94 valence electrons. The molecule has 0 aliphatic heterocycles. The maximum atomic E-state index is 11.3. The van der Waals surface area contributed by atoms with Crippen LogP contribution in [0.4, 0.5) is 0 Å². The molecule has 5 nitrogen and oxygen atoms in total. The van der Waals surface area contributed by atoms with Crippen molar-refractivity contribution in [3.05, 3.63) is 23.8 Å². The number of nitrogens with one attached hydrogen (secondary N) is 1. The average molecular weight is 239 g/mol. The third-order valence-corrected chi connectivity index (χ3v) is 2.89. The third-order valence-electron chi connectivity index (χ3n) is 2.89. The molecule has 1 atom stereocenters. The first kappa shape index (κ1) is 13.3. The summed E-state index contributed by atoms with van der Waals surface area (Å²) >= 11 is 0. The summed E-state index contributed by atoms with van der Waals surface area (Å²) in [6.45, 7) is 1.59. The molecular weight excluding hydrogens is 222 g/mol. The molecule has 0 heterocycles. The highest BCUT2D eigenvalue weighted by molar-refractivity contribution is 5.80. The molecule has 17 heavy (non-hydrogen) atoms. The number of methoxy groups -OCH3 is 2. The van der Waals surface area contributed by atoms with Gasteiger partial charge in [-0.05, 0) is 31.7 Å². The lowest BCUT2D eigenvalue weighted by Crippen LogP contribution is -2.44. The first-order valence-corrected chi connectivity index (χ1v) is 5.14. The van der Waals surface area contributed by atoms with E-state index in [2.05, 4.69) is 5.32 Å². The number of ether oxygens (including phenoxy) is 2. The van der Waals surface area contributed by atoms with Gasteiger partial charge in [0.25, 0.3) is 0 Å². The van der Waals surface area contributed by atoms with Gasteiger partial charge < -0.3 is 19.9 Å². The standard InChI is InChI=1S/C12H17NO4/c1-12(13-2,11(14)15)8-5-6-9(16-3)10(7-8)17-4/h5-7,13H,1-4H3,(H,14,15)/t12-/m1/s1. The van der Waals surface area contributed by atoms with Crippen LogP contribution in [0.5, 0.6) is 11.5 Å². The highest BCUT2D eigenvalue weighted by atomic mass is 16.5. The average Bonchev–Trinajstić information content (AvgIpc) is 2.36. The largest absolute Gasteiger partial charge is 0.493 e. The van der Waals surface area contributed by atoms with E-state index >= 15 is 0 Å². The van der Waals surface area contributed by atoms with Crippen LogP contribution in [0.3, 0.4) is 0 Å². The zero-order valence-corrected chi connectivity index (χ0v) is 10.4. The Kier molecular flexibility index (Phi) is 3.96. The second-order valence-corrected chi connectivity index (χ2v) is 3.75. The van der Waals surface area contributed by atoms with Gasteiger partial charge in [-0.25, -0.2) is 4.79 Å². The molecule has 0 radical (unpaired) electrons. The van der Waals surface area contributed by atoms with Crippen molar-refractivity contribution in [3.63, 3.8) is 0 Å². The van der Waals surface area contributed by atoms with Gasteiger partial charge in [-0.15, -0.1) is 0 Å². The van der Waals surface area contributed by atoms with E-state index in [9.17, 15) is 9.90 Å². The molecule has 1 aromatic carbocycles. The Hall–Kier alpha value is -1.75. The van der Waals surface area contributed by atoms with Crippen LogP contribution in [-0.4, -0.2) is 32.3 Å². The first-order valence-electron chi connectivity index (χ1n) is 5.14. The number of benzene rings is 1. The summed E-state index contributed by atoms with van der Waals surface area (Å²) in [5, 5.41) is 12.0. The van der Waals surface area contributed by atoms with Crippen molar-refractivity contribution in [1.82, 2.24) is 5.32 Å². The summed E-state index contributed by atoms with van der Waals surface area (Å²) in [5.74, 6) is 0.125. The molecule has 0 aliphatic carbocycles. The highest BCUT2D eigenvalue weighted by Crippen LogP contribution is 2.32. The fraction of sp³-hybridized carbons (Fsp3) is 0.417. The molecule has 0 fully saturated rings. The van der Waals surface area contributed by atoms with Gasteiger partial charge in [-0.3, -0.25) is 0 Å². The summed E-state index contributed by atoms with van der Waals surface area (Å²) in [4.78, 5) is 11.3. The smallest absolute Gasteiger partial charge is 0.328 e. The van der Waals surface area contributed by atoms with E-state index in [0.29, 0.717) is 17.1 Å². The van der Waals surface area contributed by atoms with Crippen molar-refractivity contribution in [1.29, 1.82) is 0 Å². The molecule has 2 N–H and O–H groups in total. The van der Waals surface area contributed by atoms with Gasteiger partial charge in [0.15, 0.2) is 11.5 Å². The van der Waals surface area contributed by atoms with Gasteiger partial charge in [0, 0.05) is 0 Å². The lowest BCUT2D eigenvalue weighted by atomic mass is 9.92. The summed E-state index contributed by atoms with van der Waals surface area (Å²) in [6, 6.07) is 5.04. The molecule has 1 rings (SSSR count). The second kappa shape index (κ2) is 5.05. The van der Waals surface area contributed by atoms with Crippen molar-refractivity contribution >= 4 is 5.97 Å². The number of carboxylic acids is 1. The van der Waals surface area contributed by atoms with Gasteiger partial charge in [-0.1, -0.05) is 6.07 Å². The van der Waals surface area contributed by atoms with Crippen LogP contribution in [0.15, 0.2) is 18.2 Å². The van der Waals surface area contributed by atoms with E-state index in [1.54, 1.807) is 32.2 Å². The molecule has 0 aromatic heterocycles. The fourth-order valence-corrected chi connectivity index (χ4v) is 1.52. The Labute approximate surface area is 100 Å². The van der Waals surface area contributed by atoms with Crippen molar-refractivity contribution in [3.8, 4) is 11.5 Å².